The van der Waals surface area contributed by atoms with Crippen LogP contribution in [0.5, 0.6) is 0 Å². The standard InChI is InChI=1S/C38H40N4O6/c1-25(2)40(20-22-42-37(46)31-15-6-11-28-12-7-16-32(34(28)31)38(42)47)18-8-17-39(23-24-48-26(3)43)19-21-41-35(44)29-13-4-9-27-10-5-14-30(33(27)29)36(41)45/h4-7,9-16,25H,8,17-24H2,1-3H3. The third kappa shape index (κ3) is 6.46. The lowest BCUT2D eigenvalue weighted by atomic mass is 9.94. The molecule has 0 saturated carbocycles. The molecule has 10 heteroatoms. The molecular weight excluding hydrogens is 608 g/mol. The molecule has 0 N–H and O–H groups in total. The van der Waals surface area contributed by atoms with Crippen LogP contribution < -0.4 is 0 Å². The van der Waals surface area contributed by atoms with Crippen molar-refractivity contribution in [1.82, 2.24) is 19.6 Å². The molecule has 10 nitrogen and oxygen atoms in total. The molecule has 0 atom stereocenters. The van der Waals surface area contributed by atoms with Crippen molar-refractivity contribution in [2.45, 2.75) is 33.2 Å². The Morgan fingerprint density at radius 2 is 1.06 bits per heavy atom. The second-order valence-electron chi connectivity index (χ2n) is 12.6. The molecule has 0 fully saturated rings. The van der Waals surface area contributed by atoms with E-state index in [-0.39, 0.29) is 55.3 Å². The number of hydrogen-bond donors (Lipinski definition) is 0. The SMILES string of the molecule is CC(=O)OCCN(CCCN(CCN1C(=O)c2cccc3cccc(c23)C1=O)C(C)C)CCN1C(=O)c2cccc3cccc(c23)C1=O. The first-order valence-corrected chi connectivity index (χ1v) is 16.5. The van der Waals surface area contributed by atoms with Crippen LogP contribution in [-0.2, 0) is 9.53 Å². The molecule has 0 unspecified atom stereocenters. The summed E-state index contributed by atoms with van der Waals surface area (Å²) in [5.74, 6) is -1.53. The highest BCUT2D eigenvalue weighted by atomic mass is 16.5. The Bertz CT molecular complexity index is 1820. The summed E-state index contributed by atoms with van der Waals surface area (Å²) in [6.45, 7) is 8.90. The maximum absolute atomic E-state index is 13.4. The van der Waals surface area contributed by atoms with E-state index in [2.05, 4.69) is 23.6 Å². The van der Waals surface area contributed by atoms with Crippen LogP contribution in [0.25, 0.3) is 21.5 Å². The van der Waals surface area contributed by atoms with E-state index in [0.29, 0.717) is 60.4 Å². The van der Waals surface area contributed by atoms with E-state index in [4.69, 9.17) is 4.74 Å². The number of esters is 1. The molecule has 2 aliphatic heterocycles. The fourth-order valence-electron chi connectivity index (χ4n) is 6.82. The van der Waals surface area contributed by atoms with Crippen molar-refractivity contribution in [2.75, 3.05) is 52.4 Å². The molecular formula is C38H40N4O6. The van der Waals surface area contributed by atoms with Crippen LogP contribution in [0, 0.1) is 0 Å². The average molecular weight is 649 g/mol. The van der Waals surface area contributed by atoms with Crippen LogP contribution in [0.1, 0.15) is 68.6 Å². The van der Waals surface area contributed by atoms with Gasteiger partial charge in [-0.05, 0) is 68.4 Å². The van der Waals surface area contributed by atoms with E-state index in [1.165, 1.54) is 16.7 Å². The van der Waals surface area contributed by atoms with Crippen LogP contribution >= 0.6 is 0 Å². The summed E-state index contributed by atoms with van der Waals surface area (Å²) < 4.78 is 5.22. The molecule has 4 aromatic carbocycles. The third-order valence-electron chi connectivity index (χ3n) is 9.33. The van der Waals surface area contributed by atoms with Gasteiger partial charge in [0.25, 0.3) is 23.6 Å². The number of imide groups is 2. The molecule has 4 aromatic rings. The summed E-state index contributed by atoms with van der Waals surface area (Å²) in [4.78, 5) is 72.2. The van der Waals surface area contributed by atoms with Crippen LogP contribution in [0.3, 0.4) is 0 Å². The second kappa shape index (κ2) is 14.0. The summed E-state index contributed by atoms with van der Waals surface area (Å²) in [5.41, 5.74) is 2.14. The average Bonchev–Trinajstić information content (AvgIpc) is 3.07. The zero-order valence-electron chi connectivity index (χ0n) is 27.6. The predicted octanol–water partition coefficient (Wildman–Crippen LogP) is 4.85. The lowest BCUT2D eigenvalue weighted by Crippen LogP contribution is -2.47. The van der Waals surface area contributed by atoms with Gasteiger partial charge in [-0.15, -0.1) is 0 Å². The topological polar surface area (TPSA) is 108 Å². The zero-order valence-corrected chi connectivity index (χ0v) is 27.6. The zero-order chi connectivity index (χ0) is 33.9. The van der Waals surface area contributed by atoms with Crippen molar-refractivity contribution in [3.63, 3.8) is 0 Å². The number of hydrogen-bond acceptors (Lipinski definition) is 8. The molecule has 2 heterocycles. The molecule has 0 spiro atoms. The molecule has 0 radical (unpaired) electrons. The number of ether oxygens (including phenoxy) is 1. The minimum atomic E-state index is -0.368. The van der Waals surface area contributed by atoms with Crippen molar-refractivity contribution in [2.24, 2.45) is 0 Å². The fourth-order valence-corrected chi connectivity index (χ4v) is 6.82. The van der Waals surface area contributed by atoms with Gasteiger partial charge in [-0.2, -0.15) is 0 Å². The Hall–Kier alpha value is -4.93. The van der Waals surface area contributed by atoms with Crippen LogP contribution in [-0.4, -0.2) is 108 Å². The van der Waals surface area contributed by atoms with Gasteiger partial charge in [0.1, 0.15) is 6.61 Å². The maximum atomic E-state index is 13.4. The van der Waals surface area contributed by atoms with Gasteiger partial charge >= 0.3 is 5.97 Å². The first-order valence-electron chi connectivity index (χ1n) is 16.5. The number of carbonyl (C=O) groups excluding carboxylic acids is 5. The minimum Gasteiger partial charge on any atom is -0.465 e. The largest absolute Gasteiger partial charge is 0.465 e. The maximum Gasteiger partial charge on any atom is 0.302 e. The van der Waals surface area contributed by atoms with Crippen molar-refractivity contribution in [3.05, 3.63) is 95.1 Å². The van der Waals surface area contributed by atoms with E-state index in [9.17, 15) is 24.0 Å². The molecule has 6 rings (SSSR count). The Balaban J connectivity index is 1.08. The van der Waals surface area contributed by atoms with E-state index in [1.54, 1.807) is 24.3 Å². The monoisotopic (exact) mass is 648 g/mol. The molecule has 48 heavy (non-hydrogen) atoms. The van der Waals surface area contributed by atoms with E-state index < -0.39 is 0 Å². The quantitative estimate of drug-likeness (QED) is 0.141. The number of benzene rings is 4. The normalized spacial score (nSPS) is 14.4. The molecule has 4 amide bonds. The minimum absolute atomic E-state index is 0.163. The number of rotatable bonds is 14. The first-order chi connectivity index (χ1) is 23.2. The van der Waals surface area contributed by atoms with Gasteiger partial charge in [-0.1, -0.05) is 48.5 Å². The molecule has 0 aliphatic carbocycles. The Kier molecular flexibility index (Phi) is 9.66. The van der Waals surface area contributed by atoms with Crippen molar-refractivity contribution < 1.29 is 28.7 Å². The smallest absolute Gasteiger partial charge is 0.302 e. The predicted molar refractivity (Wildman–Crippen MR) is 183 cm³/mol. The van der Waals surface area contributed by atoms with Gasteiger partial charge in [-0.3, -0.25) is 43.6 Å². The van der Waals surface area contributed by atoms with Gasteiger partial charge in [-0.25, -0.2) is 0 Å². The highest BCUT2D eigenvalue weighted by Gasteiger charge is 2.34. The van der Waals surface area contributed by atoms with Crippen molar-refractivity contribution in [1.29, 1.82) is 0 Å². The molecule has 248 valence electrons. The number of carbonyl (C=O) groups is 5. The van der Waals surface area contributed by atoms with E-state index >= 15 is 0 Å². The van der Waals surface area contributed by atoms with Crippen LogP contribution in [0.15, 0.2) is 72.8 Å². The lowest BCUT2D eigenvalue weighted by molar-refractivity contribution is -0.141. The summed E-state index contributed by atoms with van der Waals surface area (Å²) in [6.07, 6.45) is 0.742. The van der Waals surface area contributed by atoms with E-state index in [1.807, 2.05) is 48.5 Å². The first kappa shape index (κ1) is 33.0. The van der Waals surface area contributed by atoms with Crippen molar-refractivity contribution in [3.8, 4) is 0 Å². The van der Waals surface area contributed by atoms with Gasteiger partial charge in [0.2, 0.25) is 0 Å². The Morgan fingerprint density at radius 3 is 1.48 bits per heavy atom. The van der Waals surface area contributed by atoms with E-state index in [0.717, 1.165) is 22.6 Å². The summed E-state index contributed by atoms with van der Waals surface area (Å²) in [6, 6.07) is 22.2. The van der Waals surface area contributed by atoms with Gasteiger partial charge in [0.15, 0.2) is 0 Å². The van der Waals surface area contributed by atoms with Crippen LogP contribution in [0.2, 0.25) is 0 Å². The Morgan fingerprint density at radius 1 is 0.625 bits per heavy atom. The molecule has 0 saturated heterocycles. The highest BCUT2D eigenvalue weighted by Crippen LogP contribution is 2.31. The van der Waals surface area contributed by atoms with Crippen molar-refractivity contribution >= 4 is 51.1 Å². The molecule has 0 bridgehead atoms. The summed E-state index contributed by atoms with van der Waals surface area (Å²) in [7, 11) is 0. The summed E-state index contributed by atoms with van der Waals surface area (Å²) in [5, 5.41) is 3.15. The lowest BCUT2D eigenvalue weighted by Gasteiger charge is -2.33. The number of amides is 4. The Labute approximate surface area is 279 Å². The van der Waals surface area contributed by atoms with Gasteiger partial charge in [0, 0.05) is 78.7 Å². The van der Waals surface area contributed by atoms with Crippen LogP contribution in [0.4, 0.5) is 0 Å². The third-order valence-corrected chi connectivity index (χ3v) is 9.33. The fraction of sp³-hybridized carbons (Fsp3) is 0.342. The molecule has 2 aliphatic rings. The molecule has 0 aromatic heterocycles. The second-order valence-corrected chi connectivity index (χ2v) is 12.6. The number of nitrogens with zero attached hydrogens (tertiary/aromatic N) is 4. The summed E-state index contributed by atoms with van der Waals surface area (Å²) >= 11 is 0. The van der Waals surface area contributed by atoms with Gasteiger partial charge in [0.05, 0.1) is 0 Å². The highest BCUT2D eigenvalue weighted by molar-refractivity contribution is 6.26. The van der Waals surface area contributed by atoms with Gasteiger partial charge < -0.3 is 4.74 Å².